The average Bonchev–Trinajstić information content (AvgIpc) is 3.01. The maximum Gasteiger partial charge on any atom is 0.416 e. The molecular formula is C24H21F3N2O2S2. The zero-order valence-electron chi connectivity index (χ0n) is 17.7. The molecule has 2 aromatic rings. The van der Waals surface area contributed by atoms with Gasteiger partial charge in [-0.1, -0.05) is 66.5 Å². The first kappa shape index (κ1) is 24.7. The van der Waals surface area contributed by atoms with Crippen LogP contribution in [0.3, 0.4) is 0 Å². The van der Waals surface area contributed by atoms with E-state index >= 15 is 0 Å². The molecule has 33 heavy (non-hydrogen) atoms. The fraction of sp³-hybridized carbons (Fsp3) is 0.208. The first-order valence-electron chi connectivity index (χ1n) is 10.1. The molecule has 0 aromatic heterocycles. The molecule has 172 valence electrons. The van der Waals surface area contributed by atoms with Crippen LogP contribution in [0.25, 0.3) is 6.08 Å². The fourth-order valence-electron chi connectivity index (χ4n) is 3.15. The van der Waals surface area contributed by atoms with Gasteiger partial charge in [0, 0.05) is 18.7 Å². The summed E-state index contributed by atoms with van der Waals surface area (Å²) in [6.07, 6.45) is -0.371. The van der Waals surface area contributed by atoms with Crippen molar-refractivity contribution in [2.24, 2.45) is 0 Å². The minimum Gasteiger partial charge on any atom is -0.326 e. The van der Waals surface area contributed by atoms with E-state index < -0.39 is 17.6 Å². The fourth-order valence-corrected chi connectivity index (χ4v) is 4.51. The Balaban J connectivity index is 1.53. The molecule has 0 saturated carbocycles. The van der Waals surface area contributed by atoms with Crippen molar-refractivity contribution < 1.29 is 22.8 Å². The summed E-state index contributed by atoms with van der Waals surface area (Å²) in [7, 11) is 0. The monoisotopic (exact) mass is 490 g/mol. The van der Waals surface area contributed by atoms with Gasteiger partial charge in [-0.3, -0.25) is 14.5 Å². The Labute approximate surface area is 199 Å². The Kier molecular flexibility index (Phi) is 8.10. The van der Waals surface area contributed by atoms with Crippen LogP contribution in [-0.4, -0.2) is 27.6 Å². The number of nitrogens with zero attached hydrogens (tertiary/aromatic N) is 1. The number of thioether (sulfide) groups is 1. The van der Waals surface area contributed by atoms with Crippen LogP contribution in [0.4, 0.5) is 18.9 Å². The van der Waals surface area contributed by atoms with Crippen molar-refractivity contribution in [3.8, 4) is 0 Å². The first-order valence-corrected chi connectivity index (χ1v) is 11.3. The molecule has 1 saturated heterocycles. The van der Waals surface area contributed by atoms with Gasteiger partial charge in [0.2, 0.25) is 5.91 Å². The third kappa shape index (κ3) is 7.03. The second-order valence-electron chi connectivity index (χ2n) is 7.36. The Morgan fingerprint density at radius 3 is 2.58 bits per heavy atom. The predicted molar refractivity (Wildman–Crippen MR) is 129 cm³/mol. The molecule has 2 aromatic carbocycles. The molecule has 4 nitrogen and oxygen atoms in total. The molecule has 0 bridgehead atoms. The number of benzene rings is 2. The molecule has 9 heteroatoms. The van der Waals surface area contributed by atoms with Crippen molar-refractivity contribution in [2.45, 2.75) is 25.9 Å². The second kappa shape index (κ2) is 10.8. The number of allylic oxidation sites excluding steroid dienone is 2. The van der Waals surface area contributed by atoms with Gasteiger partial charge in [-0.25, -0.2) is 0 Å². The van der Waals surface area contributed by atoms with Gasteiger partial charge < -0.3 is 5.32 Å². The second-order valence-corrected chi connectivity index (χ2v) is 9.04. The lowest BCUT2D eigenvalue weighted by Crippen LogP contribution is -2.29. The van der Waals surface area contributed by atoms with Gasteiger partial charge in [0.1, 0.15) is 4.32 Å². The first-order chi connectivity index (χ1) is 15.6. The number of carbonyl (C=O) groups is 2. The number of nitrogens with one attached hydrogen (secondary N) is 1. The highest BCUT2D eigenvalue weighted by Crippen LogP contribution is 2.33. The quantitative estimate of drug-likeness (QED) is 0.367. The highest BCUT2D eigenvalue weighted by atomic mass is 32.2. The van der Waals surface area contributed by atoms with Gasteiger partial charge in [-0.2, -0.15) is 13.2 Å². The van der Waals surface area contributed by atoms with E-state index in [0.717, 1.165) is 23.3 Å². The van der Waals surface area contributed by atoms with Crippen molar-refractivity contribution in [3.63, 3.8) is 0 Å². The van der Waals surface area contributed by atoms with Gasteiger partial charge >= 0.3 is 6.18 Å². The van der Waals surface area contributed by atoms with E-state index in [4.69, 9.17) is 12.2 Å². The summed E-state index contributed by atoms with van der Waals surface area (Å²) >= 11 is 6.52. The van der Waals surface area contributed by atoms with Gasteiger partial charge in [0.05, 0.1) is 10.5 Å². The lowest BCUT2D eigenvalue weighted by atomic mass is 10.1. The Morgan fingerprint density at radius 1 is 1.15 bits per heavy atom. The Hall–Kier alpha value is -2.91. The molecule has 1 aliphatic rings. The van der Waals surface area contributed by atoms with E-state index in [-0.39, 0.29) is 24.6 Å². The molecule has 1 N–H and O–H groups in total. The van der Waals surface area contributed by atoms with Crippen molar-refractivity contribution in [2.75, 3.05) is 11.9 Å². The van der Waals surface area contributed by atoms with Gasteiger partial charge in [0.15, 0.2) is 0 Å². The van der Waals surface area contributed by atoms with Crippen LogP contribution in [0.2, 0.25) is 0 Å². The average molecular weight is 491 g/mol. The van der Waals surface area contributed by atoms with Crippen LogP contribution < -0.4 is 5.32 Å². The summed E-state index contributed by atoms with van der Waals surface area (Å²) < 4.78 is 38.8. The molecule has 0 radical (unpaired) electrons. The number of thiocarbonyl (C=S) groups is 1. The van der Waals surface area contributed by atoms with Crippen LogP contribution in [0.1, 0.15) is 30.9 Å². The van der Waals surface area contributed by atoms with E-state index in [0.29, 0.717) is 15.6 Å². The van der Waals surface area contributed by atoms with Gasteiger partial charge in [-0.15, -0.1) is 0 Å². The van der Waals surface area contributed by atoms with Crippen LogP contribution in [0.15, 0.2) is 71.2 Å². The minimum atomic E-state index is -4.48. The third-order valence-electron chi connectivity index (χ3n) is 4.69. The summed E-state index contributed by atoms with van der Waals surface area (Å²) in [4.78, 5) is 26.8. The largest absolute Gasteiger partial charge is 0.416 e. The lowest BCUT2D eigenvalue weighted by molar-refractivity contribution is -0.137. The number of carbonyl (C=O) groups excluding carboxylic acids is 2. The van der Waals surface area contributed by atoms with Gasteiger partial charge in [0.25, 0.3) is 5.91 Å². The summed E-state index contributed by atoms with van der Waals surface area (Å²) in [5, 5.41) is 2.46. The highest BCUT2D eigenvalue weighted by Gasteiger charge is 2.32. The maximum absolute atomic E-state index is 12.8. The van der Waals surface area contributed by atoms with Crippen molar-refractivity contribution >= 4 is 51.9 Å². The minimum absolute atomic E-state index is 0.0410. The number of hydrogen-bond acceptors (Lipinski definition) is 4. The zero-order chi connectivity index (χ0) is 24.0. The van der Waals surface area contributed by atoms with Crippen molar-refractivity contribution in [1.82, 2.24) is 4.90 Å². The molecule has 0 unspecified atom stereocenters. The van der Waals surface area contributed by atoms with Crippen LogP contribution >= 0.6 is 24.0 Å². The van der Waals surface area contributed by atoms with Crippen LogP contribution in [0, 0.1) is 0 Å². The number of alkyl halides is 3. The molecule has 1 heterocycles. The topological polar surface area (TPSA) is 49.4 Å². The third-order valence-corrected chi connectivity index (χ3v) is 6.06. The predicted octanol–water partition coefficient (Wildman–Crippen LogP) is 6.27. The summed E-state index contributed by atoms with van der Waals surface area (Å²) in [6.45, 7) is 2.15. The summed E-state index contributed by atoms with van der Waals surface area (Å²) in [6, 6.07) is 14.2. The molecule has 3 rings (SSSR count). The van der Waals surface area contributed by atoms with Crippen molar-refractivity contribution in [1.29, 1.82) is 0 Å². The maximum atomic E-state index is 12.8. The number of halogens is 3. The standard InChI is InChI=1S/C24H21F3N2O2S2/c1-16(13-17-7-3-2-4-8-17)14-20-22(31)29(23(32)33-20)12-6-11-21(30)28-19-10-5-9-18(15-19)24(25,26)27/h2-5,7-10,13-15H,6,11-12H2,1H3,(H,28,30). The molecule has 1 fully saturated rings. The Morgan fingerprint density at radius 2 is 1.88 bits per heavy atom. The Bertz CT molecular complexity index is 1110. The smallest absolute Gasteiger partial charge is 0.326 e. The number of amides is 2. The van der Waals surface area contributed by atoms with E-state index in [1.54, 1.807) is 6.08 Å². The number of hydrogen-bond donors (Lipinski definition) is 1. The van der Waals surface area contributed by atoms with E-state index in [9.17, 15) is 22.8 Å². The molecule has 2 amide bonds. The molecule has 0 aliphatic carbocycles. The lowest BCUT2D eigenvalue weighted by Gasteiger charge is -2.14. The van der Waals surface area contributed by atoms with E-state index in [1.807, 2.05) is 43.3 Å². The summed E-state index contributed by atoms with van der Waals surface area (Å²) in [5.74, 6) is -0.652. The number of rotatable bonds is 7. The van der Waals surface area contributed by atoms with Crippen LogP contribution in [0.5, 0.6) is 0 Å². The normalized spacial score (nSPS) is 15.9. The van der Waals surface area contributed by atoms with E-state index in [1.165, 1.54) is 28.8 Å². The molecular weight excluding hydrogens is 469 g/mol. The van der Waals surface area contributed by atoms with Crippen molar-refractivity contribution in [3.05, 3.63) is 82.3 Å². The SMILES string of the molecule is CC(=Cc1ccccc1)C=C1SC(=S)N(CCCC(=O)Nc2cccc(C(F)(F)F)c2)C1=O. The molecule has 0 atom stereocenters. The molecule has 0 spiro atoms. The van der Waals surface area contributed by atoms with E-state index in [2.05, 4.69) is 5.32 Å². The number of anilines is 1. The highest BCUT2D eigenvalue weighted by molar-refractivity contribution is 8.26. The molecule has 1 aliphatic heterocycles. The summed E-state index contributed by atoms with van der Waals surface area (Å²) in [5.41, 5.74) is 1.17. The van der Waals surface area contributed by atoms with Crippen LogP contribution in [-0.2, 0) is 15.8 Å². The zero-order valence-corrected chi connectivity index (χ0v) is 19.3. The van der Waals surface area contributed by atoms with Gasteiger partial charge in [-0.05, 0) is 48.8 Å².